The van der Waals surface area contributed by atoms with E-state index in [0.717, 1.165) is 0 Å². The van der Waals surface area contributed by atoms with E-state index in [1.165, 1.54) is 0 Å². The van der Waals surface area contributed by atoms with Crippen LogP contribution < -0.4 is 0 Å². The van der Waals surface area contributed by atoms with Crippen LogP contribution in [0.3, 0.4) is 0 Å². The third-order valence-electron chi connectivity index (χ3n) is 0.901. The first-order valence-corrected chi connectivity index (χ1v) is 2.26. The zero-order chi connectivity index (χ0) is 5.28. The summed E-state index contributed by atoms with van der Waals surface area (Å²) in [5.74, 6) is 0. The van der Waals surface area contributed by atoms with E-state index in [4.69, 9.17) is 0 Å². The molecule has 8 heavy (non-hydrogen) atoms. The normalized spacial score (nSPS) is 16.8. The first-order valence-electron chi connectivity index (χ1n) is 2.26. The van der Waals surface area contributed by atoms with Gasteiger partial charge in [-0.1, -0.05) is 0 Å². The van der Waals surface area contributed by atoms with Gasteiger partial charge in [-0.3, -0.25) is 0 Å². The maximum atomic E-state index is 2.00. The summed E-state index contributed by atoms with van der Waals surface area (Å²) in [4.78, 5) is 4.00. The molecule has 0 spiro atoms. The summed E-state index contributed by atoms with van der Waals surface area (Å²) >= 11 is 0. The van der Waals surface area contributed by atoms with E-state index in [0.29, 0.717) is 0 Å². The average molecular weight is 204 g/mol. The topological polar surface area (TPSA) is 6.48 Å². The zero-order valence-corrected chi connectivity index (χ0v) is 6.50. The summed E-state index contributed by atoms with van der Waals surface area (Å²) in [5.41, 5.74) is 0. The minimum atomic E-state index is 0. The molecular formula is C5H9N2Pd-. The molecule has 0 aromatic carbocycles. The number of hydrogen-bond acceptors (Lipinski definition) is 2. The van der Waals surface area contributed by atoms with E-state index in [1.807, 2.05) is 43.0 Å². The van der Waals surface area contributed by atoms with Crippen LogP contribution in [0.25, 0.3) is 0 Å². The first-order chi connectivity index (χ1) is 3.29. The SMILES string of the molecule is CN1C=CN(C)[CH-]1.[Pd]. The Balaban J connectivity index is 0.000000490. The Kier molecular flexibility index (Phi) is 3.11. The van der Waals surface area contributed by atoms with Gasteiger partial charge in [0.2, 0.25) is 0 Å². The van der Waals surface area contributed by atoms with Gasteiger partial charge in [-0.25, -0.2) is 0 Å². The van der Waals surface area contributed by atoms with Gasteiger partial charge in [0.25, 0.3) is 0 Å². The first kappa shape index (κ1) is 8.00. The summed E-state index contributed by atoms with van der Waals surface area (Å²) in [7, 11) is 4.00. The third kappa shape index (κ3) is 1.85. The predicted octanol–water partition coefficient (Wildman–Crippen LogP) is 0.452. The molecule has 0 radical (unpaired) electrons. The Morgan fingerprint density at radius 1 is 1.12 bits per heavy atom. The van der Waals surface area contributed by atoms with Crippen molar-refractivity contribution in [2.75, 3.05) is 14.1 Å². The molecule has 0 saturated heterocycles. The van der Waals surface area contributed by atoms with E-state index in [2.05, 4.69) is 0 Å². The van der Waals surface area contributed by atoms with Gasteiger partial charge in [0, 0.05) is 20.4 Å². The summed E-state index contributed by atoms with van der Waals surface area (Å²) in [6.07, 6.45) is 4.00. The summed E-state index contributed by atoms with van der Waals surface area (Å²) < 4.78 is 0. The van der Waals surface area contributed by atoms with Crippen LogP contribution in [0.5, 0.6) is 0 Å². The number of rotatable bonds is 0. The second-order valence-electron chi connectivity index (χ2n) is 1.74. The molecule has 0 fully saturated rings. The minimum absolute atomic E-state index is 0. The number of nitrogens with zero attached hydrogens (tertiary/aromatic N) is 2. The van der Waals surface area contributed by atoms with Crippen LogP contribution in [0.4, 0.5) is 0 Å². The smallest absolute Gasteiger partial charge is 0 e. The molecule has 0 N–H and O–H groups in total. The molecule has 0 amide bonds. The fourth-order valence-corrected chi connectivity index (χ4v) is 0.575. The van der Waals surface area contributed by atoms with Gasteiger partial charge in [-0.2, -0.15) is 6.67 Å². The molecule has 0 atom stereocenters. The summed E-state index contributed by atoms with van der Waals surface area (Å²) in [6, 6.07) is 0. The van der Waals surface area contributed by atoms with Crippen molar-refractivity contribution in [1.29, 1.82) is 0 Å². The van der Waals surface area contributed by atoms with Gasteiger partial charge in [0.1, 0.15) is 0 Å². The molecule has 1 aliphatic heterocycles. The van der Waals surface area contributed by atoms with E-state index >= 15 is 0 Å². The van der Waals surface area contributed by atoms with Crippen molar-refractivity contribution < 1.29 is 20.4 Å². The Hall–Kier alpha value is 0.00234. The Morgan fingerprint density at radius 2 is 1.50 bits per heavy atom. The molecule has 1 rings (SSSR count). The standard InChI is InChI=1S/C5H9N2.Pd/c1-6-3-4-7(2)5-6;/h3-5H,1-2H3;/q-1;. The molecule has 0 saturated carbocycles. The fourth-order valence-electron chi connectivity index (χ4n) is 0.575. The minimum Gasteiger partial charge on any atom is -0.511 e. The molecule has 0 aromatic heterocycles. The van der Waals surface area contributed by atoms with Gasteiger partial charge in [-0.05, 0) is 26.5 Å². The van der Waals surface area contributed by atoms with Crippen molar-refractivity contribution in [3.63, 3.8) is 0 Å². The molecule has 50 valence electrons. The average Bonchev–Trinajstić information content (AvgIpc) is 1.87. The molecule has 1 aliphatic rings. The maximum Gasteiger partial charge on any atom is 0 e. The van der Waals surface area contributed by atoms with Gasteiger partial charge in [-0.15, -0.1) is 0 Å². The van der Waals surface area contributed by atoms with Crippen LogP contribution in [0.2, 0.25) is 0 Å². The van der Waals surface area contributed by atoms with Crippen LogP contribution in [0.1, 0.15) is 0 Å². The third-order valence-corrected chi connectivity index (χ3v) is 0.901. The molecule has 0 unspecified atom stereocenters. The van der Waals surface area contributed by atoms with Crippen molar-refractivity contribution in [3.8, 4) is 0 Å². The molecule has 2 nitrogen and oxygen atoms in total. The number of hydrogen-bond donors (Lipinski definition) is 0. The second-order valence-corrected chi connectivity index (χ2v) is 1.74. The van der Waals surface area contributed by atoms with Gasteiger partial charge in [0.15, 0.2) is 0 Å². The van der Waals surface area contributed by atoms with Crippen molar-refractivity contribution in [1.82, 2.24) is 9.80 Å². The monoisotopic (exact) mass is 203 g/mol. The molecule has 0 aliphatic carbocycles. The molecule has 0 bridgehead atoms. The van der Waals surface area contributed by atoms with Gasteiger partial charge < -0.3 is 9.80 Å². The van der Waals surface area contributed by atoms with Crippen molar-refractivity contribution >= 4 is 0 Å². The van der Waals surface area contributed by atoms with Crippen molar-refractivity contribution in [2.45, 2.75) is 0 Å². The van der Waals surface area contributed by atoms with E-state index < -0.39 is 0 Å². The molecule has 0 aromatic rings. The molecule has 1 heterocycles. The fraction of sp³-hybridized carbons (Fsp3) is 0.400. The van der Waals surface area contributed by atoms with Gasteiger partial charge in [0.05, 0.1) is 0 Å². The van der Waals surface area contributed by atoms with E-state index in [-0.39, 0.29) is 20.4 Å². The zero-order valence-electron chi connectivity index (χ0n) is 4.94. The van der Waals surface area contributed by atoms with Crippen LogP contribution in [-0.2, 0) is 20.4 Å². The molecule has 3 heteroatoms. The molecular weight excluding hydrogens is 194 g/mol. The second kappa shape index (κ2) is 3.11. The van der Waals surface area contributed by atoms with Gasteiger partial charge >= 0.3 is 0 Å². The van der Waals surface area contributed by atoms with Crippen molar-refractivity contribution in [3.05, 3.63) is 19.1 Å². The van der Waals surface area contributed by atoms with Crippen LogP contribution in [0.15, 0.2) is 12.4 Å². The quantitative estimate of drug-likeness (QED) is 0.417. The maximum absolute atomic E-state index is 2.00. The summed E-state index contributed by atoms with van der Waals surface area (Å²) in [6.45, 7) is 2.00. The largest absolute Gasteiger partial charge is 0.511 e. The van der Waals surface area contributed by atoms with Crippen molar-refractivity contribution in [2.24, 2.45) is 0 Å². The van der Waals surface area contributed by atoms with Crippen LogP contribution in [0, 0.1) is 6.67 Å². The Morgan fingerprint density at radius 3 is 1.62 bits per heavy atom. The summed E-state index contributed by atoms with van der Waals surface area (Å²) in [5, 5.41) is 0. The Labute approximate surface area is 63.8 Å². The van der Waals surface area contributed by atoms with Crippen LogP contribution in [-0.4, -0.2) is 23.9 Å². The van der Waals surface area contributed by atoms with E-state index in [9.17, 15) is 0 Å². The Bertz CT molecular complexity index is 82.4. The van der Waals surface area contributed by atoms with E-state index in [1.54, 1.807) is 0 Å². The van der Waals surface area contributed by atoms with Crippen LogP contribution >= 0.6 is 0 Å². The predicted molar refractivity (Wildman–Crippen MR) is 29.0 cm³/mol.